The molecule has 0 aliphatic heterocycles. The lowest BCUT2D eigenvalue weighted by Gasteiger charge is -1.97. The maximum Gasteiger partial charge on any atom is 0.263 e. The maximum atomic E-state index is 5.95. The van der Waals surface area contributed by atoms with E-state index in [0.29, 0.717) is 38.7 Å². The summed E-state index contributed by atoms with van der Waals surface area (Å²) in [5, 5.41) is 8.92. The molecule has 0 radical (unpaired) electrons. The molecule has 0 aliphatic rings. The van der Waals surface area contributed by atoms with E-state index in [1.165, 1.54) is 4.68 Å². The largest absolute Gasteiger partial charge is 0.383 e. The lowest BCUT2D eigenvalue weighted by molar-refractivity contribution is 0.432. The fourth-order valence-electron chi connectivity index (χ4n) is 1.74. The van der Waals surface area contributed by atoms with E-state index >= 15 is 0 Å². The van der Waals surface area contributed by atoms with Crippen molar-refractivity contribution in [2.75, 3.05) is 5.73 Å². The van der Waals surface area contributed by atoms with Gasteiger partial charge in [0.05, 0.1) is 6.20 Å². The third-order valence-corrected chi connectivity index (χ3v) is 3.20. The molecule has 3 aromatic rings. The second-order valence-corrected chi connectivity index (χ2v) is 5.02. The summed E-state index contributed by atoms with van der Waals surface area (Å²) in [6.07, 6.45) is 1.57. The smallest absolute Gasteiger partial charge is 0.263 e. The number of nitrogens with zero attached hydrogens (tertiary/aromatic N) is 4. The van der Waals surface area contributed by atoms with Crippen molar-refractivity contribution in [1.29, 1.82) is 0 Å². The molecular formula is C12H9Cl2N5O. The van der Waals surface area contributed by atoms with Crippen LogP contribution >= 0.6 is 23.2 Å². The summed E-state index contributed by atoms with van der Waals surface area (Å²) < 4.78 is 6.72. The highest BCUT2D eigenvalue weighted by molar-refractivity contribution is 6.35. The van der Waals surface area contributed by atoms with E-state index in [4.69, 9.17) is 33.5 Å². The topological polar surface area (TPSA) is 82.8 Å². The van der Waals surface area contributed by atoms with Gasteiger partial charge in [-0.15, -0.1) is 0 Å². The van der Waals surface area contributed by atoms with Gasteiger partial charge >= 0.3 is 0 Å². The average molecular weight is 310 g/mol. The Morgan fingerprint density at radius 3 is 2.50 bits per heavy atom. The van der Waals surface area contributed by atoms with E-state index in [-0.39, 0.29) is 0 Å². The lowest BCUT2D eigenvalue weighted by Crippen LogP contribution is -1.98. The van der Waals surface area contributed by atoms with Crippen molar-refractivity contribution in [3.8, 4) is 22.8 Å². The minimum atomic E-state index is 0.293. The normalized spacial score (nSPS) is 10.9. The molecule has 2 N–H and O–H groups in total. The van der Waals surface area contributed by atoms with Gasteiger partial charge in [-0.05, 0) is 18.2 Å². The zero-order chi connectivity index (χ0) is 14.3. The first kappa shape index (κ1) is 13.0. The lowest BCUT2D eigenvalue weighted by atomic mass is 10.2. The molecule has 0 saturated heterocycles. The monoisotopic (exact) mass is 309 g/mol. The van der Waals surface area contributed by atoms with Crippen LogP contribution in [0.25, 0.3) is 22.8 Å². The van der Waals surface area contributed by atoms with Gasteiger partial charge in [-0.1, -0.05) is 28.4 Å². The van der Waals surface area contributed by atoms with Gasteiger partial charge < -0.3 is 10.3 Å². The molecule has 1 aromatic carbocycles. The molecule has 0 saturated carbocycles. The van der Waals surface area contributed by atoms with Gasteiger partial charge in [0.1, 0.15) is 11.4 Å². The number of nitrogens with two attached hydrogens (primary N) is 1. The van der Waals surface area contributed by atoms with Gasteiger partial charge in [-0.2, -0.15) is 10.1 Å². The van der Waals surface area contributed by atoms with Crippen LogP contribution in [-0.4, -0.2) is 19.9 Å². The Kier molecular flexibility index (Phi) is 3.11. The summed E-state index contributed by atoms with van der Waals surface area (Å²) in [7, 11) is 1.73. The van der Waals surface area contributed by atoms with Crippen LogP contribution in [-0.2, 0) is 7.05 Å². The van der Waals surface area contributed by atoms with E-state index in [0.717, 1.165) is 0 Å². The molecule has 0 unspecified atom stereocenters. The highest BCUT2D eigenvalue weighted by Gasteiger charge is 2.16. The Hall–Kier alpha value is -2.05. The fourth-order valence-corrected chi connectivity index (χ4v) is 2.27. The molecule has 2 heterocycles. The molecule has 0 atom stereocenters. The Bertz CT molecular complexity index is 760. The Morgan fingerprint density at radius 1 is 1.20 bits per heavy atom. The van der Waals surface area contributed by atoms with E-state index in [1.807, 2.05) is 0 Å². The minimum Gasteiger partial charge on any atom is -0.383 e. The SMILES string of the molecule is Cn1ncc(-c2nc(-c3cc(Cl)cc(Cl)c3)no2)c1N. The number of halogens is 2. The zero-order valence-corrected chi connectivity index (χ0v) is 11.9. The summed E-state index contributed by atoms with van der Waals surface area (Å²) in [6.45, 7) is 0. The fraction of sp³-hybridized carbons (Fsp3) is 0.0833. The molecule has 0 bridgehead atoms. The van der Waals surface area contributed by atoms with E-state index in [2.05, 4.69) is 15.2 Å². The average Bonchev–Trinajstić information content (AvgIpc) is 2.97. The van der Waals surface area contributed by atoms with Crippen molar-refractivity contribution < 1.29 is 4.52 Å². The number of hydrogen-bond donors (Lipinski definition) is 1. The molecule has 2 aromatic heterocycles. The van der Waals surface area contributed by atoms with Gasteiger partial charge in [0.25, 0.3) is 5.89 Å². The van der Waals surface area contributed by atoms with Crippen molar-refractivity contribution >= 4 is 29.0 Å². The Morgan fingerprint density at radius 2 is 1.90 bits per heavy atom. The number of aryl methyl sites for hydroxylation is 1. The number of hydrogen-bond acceptors (Lipinski definition) is 5. The van der Waals surface area contributed by atoms with Gasteiger partial charge in [0, 0.05) is 22.7 Å². The summed E-state index contributed by atoms with van der Waals surface area (Å²) in [4.78, 5) is 4.28. The highest BCUT2D eigenvalue weighted by atomic mass is 35.5. The molecule has 0 aliphatic carbocycles. The van der Waals surface area contributed by atoms with Crippen LogP contribution in [0.5, 0.6) is 0 Å². The number of anilines is 1. The third kappa shape index (κ3) is 2.23. The summed E-state index contributed by atoms with van der Waals surface area (Å²) in [5.41, 5.74) is 7.11. The number of aromatic nitrogens is 4. The molecule has 102 valence electrons. The predicted octanol–water partition coefficient (Wildman–Crippen LogP) is 3.03. The van der Waals surface area contributed by atoms with Gasteiger partial charge in [-0.3, -0.25) is 4.68 Å². The Balaban J connectivity index is 2.04. The second-order valence-electron chi connectivity index (χ2n) is 4.15. The number of nitrogen functional groups attached to an aromatic ring is 1. The van der Waals surface area contributed by atoms with Crippen LogP contribution in [0, 0.1) is 0 Å². The summed E-state index contributed by atoms with van der Waals surface area (Å²) in [6, 6.07) is 5.04. The molecule has 0 fully saturated rings. The number of benzene rings is 1. The third-order valence-electron chi connectivity index (χ3n) is 2.76. The summed E-state index contributed by atoms with van der Waals surface area (Å²) >= 11 is 11.9. The van der Waals surface area contributed by atoms with Crippen LogP contribution in [0.2, 0.25) is 10.0 Å². The molecule has 20 heavy (non-hydrogen) atoms. The molecule has 6 nitrogen and oxygen atoms in total. The van der Waals surface area contributed by atoms with Crippen LogP contribution in [0.3, 0.4) is 0 Å². The first-order chi connectivity index (χ1) is 9.54. The molecule has 8 heteroatoms. The Labute approximate surface area is 124 Å². The molecule has 0 spiro atoms. The van der Waals surface area contributed by atoms with Crippen LogP contribution < -0.4 is 5.73 Å². The van der Waals surface area contributed by atoms with E-state index < -0.39 is 0 Å². The van der Waals surface area contributed by atoms with E-state index in [1.54, 1.807) is 31.4 Å². The standard InChI is InChI=1S/C12H9Cl2N5O/c1-19-10(15)9(5-16-19)12-17-11(18-20-12)6-2-7(13)4-8(14)3-6/h2-5H,15H2,1H3. The van der Waals surface area contributed by atoms with Crippen molar-refractivity contribution in [3.63, 3.8) is 0 Å². The van der Waals surface area contributed by atoms with Gasteiger partial charge in [0.15, 0.2) is 0 Å². The van der Waals surface area contributed by atoms with Crippen molar-refractivity contribution in [2.45, 2.75) is 0 Å². The highest BCUT2D eigenvalue weighted by Crippen LogP contribution is 2.29. The first-order valence-corrected chi connectivity index (χ1v) is 6.38. The predicted molar refractivity (Wildman–Crippen MR) is 76.4 cm³/mol. The number of rotatable bonds is 2. The minimum absolute atomic E-state index is 0.293. The maximum absolute atomic E-state index is 5.95. The first-order valence-electron chi connectivity index (χ1n) is 5.62. The van der Waals surface area contributed by atoms with Crippen molar-refractivity contribution in [2.24, 2.45) is 7.05 Å². The van der Waals surface area contributed by atoms with Crippen molar-refractivity contribution in [1.82, 2.24) is 19.9 Å². The molecule has 0 amide bonds. The van der Waals surface area contributed by atoms with Crippen molar-refractivity contribution in [3.05, 3.63) is 34.4 Å². The quantitative estimate of drug-likeness (QED) is 0.786. The van der Waals surface area contributed by atoms with E-state index in [9.17, 15) is 0 Å². The zero-order valence-electron chi connectivity index (χ0n) is 10.3. The van der Waals surface area contributed by atoms with Crippen LogP contribution in [0.1, 0.15) is 0 Å². The van der Waals surface area contributed by atoms with Gasteiger partial charge in [0.2, 0.25) is 5.82 Å². The summed E-state index contributed by atoms with van der Waals surface area (Å²) in [5.74, 6) is 1.12. The second kappa shape index (κ2) is 4.81. The molecular weight excluding hydrogens is 301 g/mol. The van der Waals surface area contributed by atoms with Gasteiger partial charge in [-0.25, -0.2) is 0 Å². The van der Waals surface area contributed by atoms with Crippen LogP contribution in [0.15, 0.2) is 28.9 Å². The van der Waals surface area contributed by atoms with Crippen LogP contribution in [0.4, 0.5) is 5.82 Å². The molecule has 3 rings (SSSR count).